The summed E-state index contributed by atoms with van der Waals surface area (Å²) in [5, 5.41) is 2.55. The smallest absolute Gasteiger partial charge is 0.419 e. The molecule has 1 N–H and O–H groups in total. The molecule has 0 spiro atoms. The maximum atomic E-state index is 12.4. The van der Waals surface area contributed by atoms with E-state index in [-0.39, 0.29) is 12.4 Å². The van der Waals surface area contributed by atoms with E-state index in [1.54, 1.807) is 31.2 Å². The minimum atomic E-state index is -4.49. The van der Waals surface area contributed by atoms with Crippen LogP contribution in [0.25, 0.3) is 0 Å². The average molecular weight is 325 g/mol. The lowest BCUT2D eigenvalue weighted by molar-refractivity contribution is -0.138. The highest BCUT2D eigenvalue weighted by molar-refractivity contribution is 5.96. The first kappa shape index (κ1) is 16.7. The molecule has 0 saturated carbocycles. The van der Waals surface area contributed by atoms with Gasteiger partial charge in [0.1, 0.15) is 11.6 Å². The predicted octanol–water partition coefficient (Wildman–Crippen LogP) is 2.82. The van der Waals surface area contributed by atoms with Crippen LogP contribution < -0.4 is 10.1 Å². The molecule has 5 nitrogen and oxygen atoms in total. The Morgan fingerprint density at radius 3 is 2.48 bits per heavy atom. The van der Waals surface area contributed by atoms with Gasteiger partial charge in [-0.2, -0.15) is 13.2 Å². The van der Waals surface area contributed by atoms with Crippen molar-refractivity contribution in [3.8, 4) is 5.75 Å². The molecule has 0 aliphatic carbocycles. The molecule has 0 fully saturated rings. The van der Waals surface area contributed by atoms with Crippen molar-refractivity contribution >= 4 is 5.91 Å². The number of rotatable bonds is 5. The fourth-order valence-electron chi connectivity index (χ4n) is 1.78. The van der Waals surface area contributed by atoms with Crippen LogP contribution in [0.15, 0.2) is 36.7 Å². The number of amides is 1. The van der Waals surface area contributed by atoms with E-state index in [2.05, 4.69) is 15.3 Å². The van der Waals surface area contributed by atoms with Crippen molar-refractivity contribution in [1.82, 2.24) is 15.3 Å². The number of carbonyl (C=O) groups excluding carboxylic acids is 1. The maximum absolute atomic E-state index is 12.4. The average Bonchev–Trinajstić information content (AvgIpc) is 2.53. The Morgan fingerprint density at radius 2 is 1.87 bits per heavy atom. The zero-order valence-corrected chi connectivity index (χ0v) is 12.2. The van der Waals surface area contributed by atoms with Crippen LogP contribution in [-0.4, -0.2) is 22.5 Å². The van der Waals surface area contributed by atoms with Gasteiger partial charge in [0, 0.05) is 12.4 Å². The molecule has 1 heterocycles. The molecule has 0 atom stereocenters. The normalized spacial score (nSPS) is 11.1. The van der Waals surface area contributed by atoms with Gasteiger partial charge in [0.05, 0.1) is 24.3 Å². The molecule has 2 aromatic rings. The molecule has 122 valence electrons. The monoisotopic (exact) mass is 325 g/mol. The van der Waals surface area contributed by atoms with Crippen LogP contribution in [0.5, 0.6) is 5.75 Å². The van der Waals surface area contributed by atoms with Gasteiger partial charge in [-0.05, 0) is 19.1 Å². The standard InChI is InChI=1S/C15H14F3N3O2/c1-2-23-12-6-4-3-5-11(12)14(22)21-9-13-19-7-10(8-20-13)15(16,17)18/h3-8H,2,9H2,1H3,(H,21,22). The number of ether oxygens (including phenoxy) is 1. The second-order valence-corrected chi connectivity index (χ2v) is 4.50. The largest absolute Gasteiger partial charge is 0.493 e. The second kappa shape index (κ2) is 7.08. The first-order valence-electron chi connectivity index (χ1n) is 6.80. The quantitative estimate of drug-likeness (QED) is 0.918. The predicted molar refractivity (Wildman–Crippen MR) is 75.8 cm³/mol. The summed E-state index contributed by atoms with van der Waals surface area (Å²) >= 11 is 0. The van der Waals surface area contributed by atoms with Gasteiger partial charge >= 0.3 is 6.18 Å². The molecular weight excluding hydrogens is 311 g/mol. The molecule has 0 radical (unpaired) electrons. The Kier molecular flexibility index (Phi) is 5.15. The fraction of sp³-hybridized carbons (Fsp3) is 0.267. The second-order valence-electron chi connectivity index (χ2n) is 4.50. The van der Waals surface area contributed by atoms with E-state index in [4.69, 9.17) is 4.74 Å². The van der Waals surface area contributed by atoms with E-state index in [0.717, 1.165) is 0 Å². The van der Waals surface area contributed by atoms with Crippen LogP contribution in [0, 0.1) is 0 Å². The molecule has 0 unspecified atom stereocenters. The third-order valence-corrected chi connectivity index (χ3v) is 2.87. The summed E-state index contributed by atoms with van der Waals surface area (Å²) in [7, 11) is 0. The molecule has 0 bridgehead atoms. The molecule has 1 amide bonds. The molecule has 0 aliphatic heterocycles. The van der Waals surface area contributed by atoms with Crippen molar-refractivity contribution in [3.05, 3.63) is 53.6 Å². The summed E-state index contributed by atoms with van der Waals surface area (Å²) in [5.74, 6) is 0.0960. The van der Waals surface area contributed by atoms with Crippen LogP contribution >= 0.6 is 0 Å². The molecule has 0 saturated heterocycles. The Hall–Kier alpha value is -2.64. The molecule has 1 aromatic heterocycles. The van der Waals surface area contributed by atoms with Gasteiger partial charge in [-0.25, -0.2) is 9.97 Å². The number of hydrogen-bond acceptors (Lipinski definition) is 4. The summed E-state index contributed by atoms with van der Waals surface area (Å²) in [5.41, 5.74) is -0.601. The molecule has 1 aromatic carbocycles. The Balaban J connectivity index is 2.02. The summed E-state index contributed by atoms with van der Waals surface area (Å²) < 4.78 is 42.6. The highest BCUT2D eigenvalue weighted by Crippen LogP contribution is 2.27. The molecule has 8 heteroatoms. The molecule has 2 rings (SSSR count). The number of benzene rings is 1. The number of alkyl halides is 3. The summed E-state index contributed by atoms with van der Waals surface area (Å²) in [6, 6.07) is 6.67. The summed E-state index contributed by atoms with van der Waals surface area (Å²) in [6.45, 7) is 2.12. The van der Waals surface area contributed by atoms with Gasteiger partial charge in [0.2, 0.25) is 0 Å². The van der Waals surface area contributed by atoms with Crippen molar-refractivity contribution in [2.75, 3.05) is 6.61 Å². The van der Waals surface area contributed by atoms with Gasteiger partial charge < -0.3 is 10.1 Å². The van der Waals surface area contributed by atoms with Crippen LogP contribution in [0.1, 0.15) is 28.7 Å². The van der Waals surface area contributed by atoms with Crippen molar-refractivity contribution in [1.29, 1.82) is 0 Å². The number of nitrogens with one attached hydrogen (secondary N) is 1. The minimum absolute atomic E-state index is 0.0836. The van der Waals surface area contributed by atoms with Gasteiger partial charge in [-0.3, -0.25) is 4.79 Å². The molecule has 23 heavy (non-hydrogen) atoms. The maximum Gasteiger partial charge on any atom is 0.419 e. The zero-order chi connectivity index (χ0) is 16.9. The number of para-hydroxylation sites is 1. The van der Waals surface area contributed by atoms with E-state index < -0.39 is 17.6 Å². The van der Waals surface area contributed by atoms with Crippen molar-refractivity contribution in [2.45, 2.75) is 19.6 Å². The van der Waals surface area contributed by atoms with Crippen molar-refractivity contribution in [3.63, 3.8) is 0 Å². The van der Waals surface area contributed by atoms with Crippen LogP contribution in [-0.2, 0) is 12.7 Å². The van der Waals surface area contributed by atoms with Crippen LogP contribution in [0.4, 0.5) is 13.2 Å². The number of nitrogens with zero attached hydrogens (tertiary/aromatic N) is 2. The fourth-order valence-corrected chi connectivity index (χ4v) is 1.78. The van der Waals surface area contributed by atoms with Gasteiger partial charge in [0.15, 0.2) is 0 Å². The van der Waals surface area contributed by atoms with Crippen LogP contribution in [0.3, 0.4) is 0 Å². The zero-order valence-electron chi connectivity index (χ0n) is 12.2. The van der Waals surface area contributed by atoms with Gasteiger partial charge in [-0.15, -0.1) is 0 Å². The molecular formula is C15H14F3N3O2. The van der Waals surface area contributed by atoms with E-state index in [0.29, 0.717) is 30.3 Å². The lowest BCUT2D eigenvalue weighted by Gasteiger charge is -2.10. The van der Waals surface area contributed by atoms with Crippen LogP contribution in [0.2, 0.25) is 0 Å². The first-order chi connectivity index (χ1) is 10.9. The van der Waals surface area contributed by atoms with Crippen molar-refractivity contribution in [2.24, 2.45) is 0 Å². The van der Waals surface area contributed by atoms with E-state index in [1.165, 1.54) is 0 Å². The van der Waals surface area contributed by atoms with Gasteiger partial charge in [0.25, 0.3) is 5.91 Å². The third-order valence-electron chi connectivity index (χ3n) is 2.87. The number of aromatic nitrogens is 2. The number of carbonyl (C=O) groups is 1. The third kappa shape index (κ3) is 4.41. The van der Waals surface area contributed by atoms with E-state index in [1.807, 2.05) is 0 Å². The molecule has 0 aliphatic rings. The highest BCUT2D eigenvalue weighted by Gasteiger charge is 2.31. The Morgan fingerprint density at radius 1 is 1.22 bits per heavy atom. The SMILES string of the molecule is CCOc1ccccc1C(=O)NCc1ncc(C(F)(F)F)cn1. The summed E-state index contributed by atoms with van der Waals surface area (Å²) in [4.78, 5) is 19.3. The van der Waals surface area contributed by atoms with Gasteiger partial charge in [-0.1, -0.05) is 12.1 Å². The lowest BCUT2D eigenvalue weighted by atomic mass is 10.2. The van der Waals surface area contributed by atoms with E-state index in [9.17, 15) is 18.0 Å². The number of hydrogen-bond donors (Lipinski definition) is 1. The van der Waals surface area contributed by atoms with E-state index >= 15 is 0 Å². The Bertz CT molecular complexity index is 672. The summed E-state index contributed by atoms with van der Waals surface area (Å²) in [6.07, 6.45) is -3.12. The Labute approximate surface area is 130 Å². The first-order valence-corrected chi connectivity index (χ1v) is 6.80. The number of halogens is 3. The lowest BCUT2D eigenvalue weighted by Crippen LogP contribution is -2.24. The highest BCUT2D eigenvalue weighted by atomic mass is 19.4. The van der Waals surface area contributed by atoms with Crippen molar-refractivity contribution < 1.29 is 22.7 Å². The minimum Gasteiger partial charge on any atom is -0.493 e. The topological polar surface area (TPSA) is 64.1 Å².